The third-order valence-corrected chi connectivity index (χ3v) is 4.49. The molecule has 2 N–H and O–H groups in total. The first-order chi connectivity index (χ1) is 13.7. The van der Waals surface area contributed by atoms with Crippen LogP contribution in [0.1, 0.15) is 24.1 Å². The second kappa shape index (κ2) is 10.3. The molecule has 1 unspecified atom stereocenters. The standard InChI is InChI=1S/C24H26N2O2/c1-19(21-11-6-3-7-12-21)25-18-24(27)26-22-13-8-14-23(17-22)28-16-15-20-9-4-2-5-10-20/h2-14,17,19,25H,15-16,18H2,1H3,(H,26,27). The lowest BCUT2D eigenvalue weighted by Crippen LogP contribution is -2.30. The fourth-order valence-electron chi connectivity index (χ4n) is 2.91. The molecule has 4 heteroatoms. The first kappa shape index (κ1) is 19.6. The summed E-state index contributed by atoms with van der Waals surface area (Å²) < 4.78 is 5.82. The summed E-state index contributed by atoms with van der Waals surface area (Å²) in [5.74, 6) is 0.670. The van der Waals surface area contributed by atoms with E-state index in [1.54, 1.807) is 0 Å². The second-order valence-corrected chi connectivity index (χ2v) is 6.67. The Morgan fingerprint density at radius 2 is 1.64 bits per heavy atom. The van der Waals surface area contributed by atoms with Crippen LogP contribution in [0.5, 0.6) is 5.75 Å². The van der Waals surface area contributed by atoms with Crippen molar-refractivity contribution in [2.45, 2.75) is 19.4 Å². The zero-order valence-corrected chi connectivity index (χ0v) is 16.1. The molecule has 144 valence electrons. The molecular weight excluding hydrogens is 348 g/mol. The Bertz CT molecular complexity index is 866. The summed E-state index contributed by atoms with van der Waals surface area (Å²) in [6.45, 7) is 2.89. The quantitative estimate of drug-likeness (QED) is 0.576. The summed E-state index contributed by atoms with van der Waals surface area (Å²) in [4.78, 5) is 12.2. The Balaban J connectivity index is 1.45. The number of benzene rings is 3. The van der Waals surface area contributed by atoms with Gasteiger partial charge in [0, 0.05) is 24.2 Å². The molecule has 4 nitrogen and oxygen atoms in total. The highest BCUT2D eigenvalue weighted by molar-refractivity contribution is 5.92. The van der Waals surface area contributed by atoms with Gasteiger partial charge in [-0.2, -0.15) is 0 Å². The van der Waals surface area contributed by atoms with E-state index < -0.39 is 0 Å². The first-order valence-corrected chi connectivity index (χ1v) is 9.56. The highest BCUT2D eigenvalue weighted by Crippen LogP contribution is 2.18. The monoisotopic (exact) mass is 374 g/mol. The molecule has 28 heavy (non-hydrogen) atoms. The number of amides is 1. The van der Waals surface area contributed by atoms with Crippen molar-refractivity contribution < 1.29 is 9.53 Å². The molecule has 0 aromatic heterocycles. The molecule has 1 atom stereocenters. The van der Waals surface area contributed by atoms with Crippen molar-refractivity contribution in [3.8, 4) is 5.75 Å². The van der Waals surface area contributed by atoms with Crippen LogP contribution in [0.3, 0.4) is 0 Å². The van der Waals surface area contributed by atoms with Crippen LogP contribution in [0.2, 0.25) is 0 Å². The molecular formula is C24H26N2O2. The maximum atomic E-state index is 12.2. The van der Waals surface area contributed by atoms with Crippen LogP contribution < -0.4 is 15.4 Å². The molecule has 0 aliphatic heterocycles. The lowest BCUT2D eigenvalue weighted by molar-refractivity contribution is -0.115. The van der Waals surface area contributed by atoms with Crippen LogP contribution >= 0.6 is 0 Å². The zero-order chi connectivity index (χ0) is 19.6. The zero-order valence-electron chi connectivity index (χ0n) is 16.1. The number of hydrogen-bond acceptors (Lipinski definition) is 3. The molecule has 0 saturated heterocycles. The molecule has 0 radical (unpaired) electrons. The van der Waals surface area contributed by atoms with E-state index in [1.165, 1.54) is 5.56 Å². The Hall–Kier alpha value is -3.11. The van der Waals surface area contributed by atoms with Gasteiger partial charge in [-0.05, 0) is 30.2 Å². The number of hydrogen-bond donors (Lipinski definition) is 2. The molecule has 1 amide bonds. The lowest BCUT2D eigenvalue weighted by atomic mass is 10.1. The van der Waals surface area contributed by atoms with Gasteiger partial charge in [0.1, 0.15) is 5.75 Å². The molecule has 0 heterocycles. The predicted octanol–water partition coefficient (Wildman–Crippen LogP) is 4.60. The van der Waals surface area contributed by atoms with Gasteiger partial charge in [0.05, 0.1) is 13.2 Å². The fraction of sp³-hybridized carbons (Fsp3) is 0.208. The maximum Gasteiger partial charge on any atom is 0.238 e. The van der Waals surface area contributed by atoms with Crippen LogP contribution in [0.25, 0.3) is 0 Å². The molecule has 0 aliphatic rings. The number of rotatable bonds is 9. The van der Waals surface area contributed by atoms with Gasteiger partial charge in [0.2, 0.25) is 5.91 Å². The van der Waals surface area contributed by atoms with Crippen LogP contribution in [-0.2, 0) is 11.2 Å². The van der Waals surface area contributed by atoms with Crippen molar-refractivity contribution in [3.05, 3.63) is 96.1 Å². The largest absolute Gasteiger partial charge is 0.493 e. The lowest BCUT2D eigenvalue weighted by Gasteiger charge is -2.14. The van der Waals surface area contributed by atoms with Gasteiger partial charge in [-0.15, -0.1) is 0 Å². The third kappa shape index (κ3) is 6.25. The number of ether oxygens (including phenoxy) is 1. The molecule has 0 saturated carbocycles. The average molecular weight is 374 g/mol. The van der Waals surface area contributed by atoms with Gasteiger partial charge in [-0.3, -0.25) is 4.79 Å². The highest BCUT2D eigenvalue weighted by atomic mass is 16.5. The predicted molar refractivity (Wildman–Crippen MR) is 114 cm³/mol. The Kier molecular flexibility index (Phi) is 7.21. The van der Waals surface area contributed by atoms with Crippen LogP contribution in [0, 0.1) is 0 Å². The SMILES string of the molecule is CC(NCC(=O)Nc1cccc(OCCc2ccccc2)c1)c1ccccc1. The van der Waals surface area contributed by atoms with E-state index in [2.05, 4.69) is 22.8 Å². The van der Waals surface area contributed by atoms with Crippen molar-refractivity contribution >= 4 is 11.6 Å². The van der Waals surface area contributed by atoms with E-state index in [4.69, 9.17) is 4.74 Å². The van der Waals surface area contributed by atoms with E-state index in [1.807, 2.05) is 79.7 Å². The average Bonchev–Trinajstić information content (AvgIpc) is 2.74. The minimum atomic E-state index is -0.0794. The summed E-state index contributed by atoms with van der Waals surface area (Å²) in [5.41, 5.74) is 3.13. The first-order valence-electron chi connectivity index (χ1n) is 9.56. The van der Waals surface area contributed by atoms with Crippen molar-refractivity contribution in [2.75, 3.05) is 18.5 Å². The molecule has 3 aromatic rings. The highest BCUT2D eigenvalue weighted by Gasteiger charge is 2.08. The Morgan fingerprint density at radius 3 is 2.39 bits per heavy atom. The molecule has 0 spiro atoms. The smallest absolute Gasteiger partial charge is 0.238 e. The van der Waals surface area contributed by atoms with Crippen LogP contribution in [0.4, 0.5) is 5.69 Å². The fourth-order valence-corrected chi connectivity index (χ4v) is 2.91. The molecule has 3 rings (SSSR count). The third-order valence-electron chi connectivity index (χ3n) is 4.49. The van der Waals surface area contributed by atoms with E-state index >= 15 is 0 Å². The summed E-state index contributed by atoms with van der Waals surface area (Å²) >= 11 is 0. The summed E-state index contributed by atoms with van der Waals surface area (Å²) in [7, 11) is 0. The van der Waals surface area contributed by atoms with Crippen LogP contribution in [-0.4, -0.2) is 19.1 Å². The molecule has 3 aromatic carbocycles. The van der Waals surface area contributed by atoms with Crippen LogP contribution in [0.15, 0.2) is 84.9 Å². The van der Waals surface area contributed by atoms with Crippen molar-refractivity contribution in [1.29, 1.82) is 0 Å². The van der Waals surface area contributed by atoms with E-state index in [9.17, 15) is 4.79 Å². The van der Waals surface area contributed by atoms with E-state index in [-0.39, 0.29) is 18.5 Å². The molecule has 0 aliphatic carbocycles. The van der Waals surface area contributed by atoms with Crippen molar-refractivity contribution in [3.63, 3.8) is 0 Å². The van der Waals surface area contributed by atoms with Gasteiger partial charge in [0.15, 0.2) is 0 Å². The number of nitrogens with one attached hydrogen (secondary N) is 2. The topological polar surface area (TPSA) is 50.4 Å². The Morgan fingerprint density at radius 1 is 0.929 bits per heavy atom. The number of carbonyl (C=O) groups excluding carboxylic acids is 1. The van der Waals surface area contributed by atoms with Gasteiger partial charge in [-0.1, -0.05) is 66.7 Å². The number of anilines is 1. The molecule has 0 bridgehead atoms. The van der Waals surface area contributed by atoms with Crippen molar-refractivity contribution in [2.24, 2.45) is 0 Å². The van der Waals surface area contributed by atoms with E-state index in [0.29, 0.717) is 6.61 Å². The minimum Gasteiger partial charge on any atom is -0.493 e. The van der Waals surface area contributed by atoms with Gasteiger partial charge >= 0.3 is 0 Å². The summed E-state index contributed by atoms with van der Waals surface area (Å²) in [6, 6.07) is 27.9. The second-order valence-electron chi connectivity index (χ2n) is 6.67. The maximum absolute atomic E-state index is 12.2. The summed E-state index contributed by atoms with van der Waals surface area (Å²) in [5, 5.41) is 6.16. The summed E-state index contributed by atoms with van der Waals surface area (Å²) in [6.07, 6.45) is 0.846. The normalized spacial score (nSPS) is 11.6. The Labute approximate surface area is 166 Å². The van der Waals surface area contributed by atoms with Gasteiger partial charge < -0.3 is 15.4 Å². The molecule has 0 fully saturated rings. The van der Waals surface area contributed by atoms with E-state index in [0.717, 1.165) is 23.4 Å². The van der Waals surface area contributed by atoms with Gasteiger partial charge in [-0.25, -0.2) is 0 Å². The number of carbonyl (C=O) groups is 1. The van der Waals surface area contributed by atoms with Gasteiger partial charge in [0.25, 0.3) is 0 Å². The van der Waals surface area contributed by atoms with Crippen molar-refractivity contribution in [1.82, 2.24) is 5.32 Å². The minimum absolute atomic E-state index is 0.0794.